The SMILES string of the molecule is CC(=O)OC(/C(C)=C/c1ccccc1)C(/C=C/Cl)S(=O)(=O)c1ccc(C)cc1. The average Bonchev–Trinajstić information content (AvgIpc) is 2.65. The van der Waals surface area contributed by atoms with E-state index in [0.29, 0.717) is 5.57 Å². The number of sulfone groups is 1. The van der Waals surface area contributed by atoms with Crippen molar-refractivity contribution < 1.29 is 17.9 Å². The van der Waals surface area contributed by atoms with Crippen LogP contribution in [-0.2, 0) is 19.4 Å². The zero-order valence-electron chi connectivity index (χ0n) is 16.0. The van der Waals surface area contributed by atoms with Crippen molar-refractivity contribution in [2.75, 3.05) is 0 Å². The monoisotopic (exact) mass is 418 g/mol. The molecular weight excluding hydrogens is 396 g/mol. The van der Waals surface area contributed by atoms with Gasteiger partial charge in [-0.15, -0.1) is 0 Å². The van der Waals surface area contributed by atoms with Gasteiger partial charge in [0, 0.05) is 12.5 Å². The van der Waals surface area contributed by atoms with Crippen molar-refractivity contribution in [1.29, 1.82) is 0 Å². The minimum absolute atomic E-state index is 0.141. The Kier molecular flexibility index (Phi) is 7.61. The Bertz CT molecular complexity index is 961. The van der Waals surface area contributed by atoms with Gasteiger partial charge in [-0.3, -0.25) is 4.79 Å². The third-order valence-corrected chi connectivity index (χ3v) is 6.40. The van der Waals surface area contributed by atoms with E-state index in [1.165, 1.54) is 13.0 Å². The molecular formula is C22H23ClO4S. The Morgan fingerprint density at radius 1 is 1.04 bits per heavy atom. The zero-order valence-corrected chi connectivity index (χ0v) is 17.6. The van der Waals surface area contributed by atoms with E-state index in [1.54, 1.807) is 37.3 Å². The second kappa shape index (κ2) is 9.71. The van der Waals surface area contributed by atoms with E-state index < -0.39 is 27.2 Å². The molecule has 0 heterocycles. The molecule has 0 spiro atoms. The summed E-state index contributed by atoms with van der Waals surface area (Å²) in [6.07, 6.45) is 2.12. The molecule has 0 aromatic heterocycles. The van der Waals surface area contributed by atoms with Crippen LogP contribution in [0, 0.1) is 6.92 Å². The first-order valence-electron chi connectivity index (χ1n) is 8.73. The van der Waals surface area contributed by atoms with Crippen LogP contribution in [0.25, 0.3) is 6.08 Å². The first kappa shape index (κ1) is 21.9. The molecule has 0 saturated carbocycles. The molecule has 28 heavy (non-hydrogen) atoms. The van der Waals surface area contributed by atoms with E-state index in [9.17, 15) is 13.2 Å². The molecule has 148 valence electrons. The molecule has 0 aliphatic carbocycles. The fourth-order valence-corrected chi connectivity index (χ4v) is 4.77. The van der Waals surface area contributed by atoms with Crippen LogP contribution >= 0.6 is 11.6 Å². The molecule has 0 N–H and O–H groups in total. The van der Waals surface area contributed by atoms with Gasteiger partial charge < -0.3 is 4.74 Å². The van der Waals surface area contributed by atoms with Crippen LogP contribution in [0.4, 0.5) is 0 Å². The summed E-state index contributed by atoms with van der Waals surface area (Å²) in [5.41, 5.74) is 3.55. The van der Waals surface area contributed by atoms with Crippen molar-refractivity contribution >= 4 is 33.5 Å². The molecule has 2 atom stereocenters. The fraction of sp³-hybridized carbons (Fsp3) is 0.227. The molecule has 0 saturated heterocycles. The first-order valence-corrected chi connectivity index (χ1v) is 10.7. The van der Waals surface area contributed by atoms with Gasteiger partial charge in [0.05, 0.1) is 4.90 Å². The van der Waals surface area contributed by atoms with Crippen molar-refractivity contribution in [2.45, 2.75) is 37.0 Å². The summed E-state index contributed by atoms with van der Waals surface area (Å²) in [5.74, 6) is -0.571. The highest BCUT2D eigenvalue weighted by atomic mass is 35.5. The highest BCUT2D eigenvalue weighted by molar-refractivity contribution is 7.92. The third-order valence-electron chi connectivity index (χ3n) is 4.20. The zero-order chi connectivity index (χ0) is 20.7. The van der Waals surface area contributed by atoms with Gasteiger partial charge in [0.1, 0.15) is 11.4 Å². The molecule has 4 nitrogen and oxygen atoms in total. The van der Waals surface area contributed by atoms with Gasteiger partial charge in [-0.2, -0.15) is 0 Å². The van der Waals surface area contributed by atoms with E-state index in [1.807, 2.05) is 37.3 Å². The van der Waals surface area contributed by atoms with Gasteiger partial charge in [0.2, 0.25) is 0 Å². The van der Waals surface area contributed by atoms with Crippen molar-refractivity contribution in [1.82, 2.24) is 0 Å². The van der Waals surface area contributed by atoms with Crippen LogP contribution in [0.3, 0.4) is 0 Å². The lowest BCUT2D eigenvalue weighted by Gasteiger charge is -2.25. The van der Waals surface area contributed by atoms with Crippen LogP contribution in [0.1, 0.15) is 25.0 Å². The van der Waals surface area contributed by atoms with Crippen LogP contribution in [0.5, 0.6) is 0 Å². The molecule has 2 aromatic rings. The number of hydrogen-bond donors (Lipinski definition) is 0. The minimum Gasteiger partial charge on any atom is -0.456 e. The van der Waals surface area contributed by atoms with E-state index in [4.69, 9.17) is 16.3 Å². The lowest BCUT2D eigenvalue weighted by molar-refractivity contribution is -0.144. The summed E-state index contributed by atoms with van der Waals surface area (Å²) < 4.78 is 32.0. The van der Waals surface area contributed by atoms with Gasteiger partial charge in [-0.1, -0.05) is 71.8 Å². The maximum absolute atomic E-state index is 13.3. The van der Waals surface area contributed by atoms with Crippen molar-refractivity contribution in [3.8, 4) is 0 Å². The number of carbonyl (C=O) groups excluding carboxylic acids is 1. The van der Waals surface area contributed by atoms with Crippen LogP contribution in [-0.4, -0.2) is 25.7 Å². The molecule has 0 aliphatic heterocycles. The first-order chi connectivity index (χ1) is 13.3. The summed E-state index contributed by atoms with van der Waals surface area (Å²) >= 11 is 5.76. The predicted octanol–water partition coefficient (Wildman–Crippen LogP) is 4.93. The Morgan fingerprint density at radius 3 is 2.18 bits per heavy atom. The maximum Gasteiger partial charge on any atom is 0.303 e. The highest BCUT2D eigenvalue weighted by Crippen LogP contribution is 2.27. The topological polar surface area (TPSA) is 60.4 Å². The second-order valence-electron chi connectivity index (χ2n) is 6.47. The van der Waals surface area contributed by atoms with Crippen LogP contribution in [0.15, 0.2) is 76.7 Å². The number of ether oxygens (including phenoxy) is 1. The number of rotatable bonds is 7. The quantitative estimate of drug-likeness (QED) is 0.598. The van der Waals surface area contributed by atoms with Gasteiger partial charge >= 0.3 is 5.97 Å². The predicted molar refractivity (Wildman–Crippen MR) is 113 cm³/mol. The van der Waals surface area contributed by atoms with Gasteiger partial charge in [0.25, 0.3) is 0 Å². The molecule has 0 fully saturated rings. The molecule has 0 aliphatic rings. The summed E-state index contributed by atoms with van der Waals surface area (Å²) in [7, 11) is -3.85. The number of carbonyl (C=O) groups is 1. The smallest absolute Gasteiger partial charge is 0.303 e. The number of hydrogen-bond acceptors (Lipinski definition) is 4. The highest BCUT2D eigenvalue weighted by Gasteiger charge is 2.36. The van der Waals surface area contributed by atoms with Crippen LogP contribution < -0.4 is 0 Å². The fourth-order valence-electron chi connectivity index (χ4n) is 2.82. The Morgan fingerprint density at radius 2 is 1.64 bits per heavy atom. The third kappa shape index (κ3) is 5.57. The van der Waals surface area contributed by atoms with Gasteiger partial charge in [-0.25, -0.2) is 8.42 Å². The molecule has 2 aromatic carbocycles. The summed E-state index contributed by atoms with van der Waals surface area (Å²) in [6.45, 7) is 4.87. The molecule has 0 amide bonds. The molecule has 0 bridgehead atoms. The van der Waals surface area contributed by atoms with Crippen molar-refractivity contribution in [2.24, 2.45) is 0 Å². The average molecular weight is 419 g/mol. The second-order valence-corrected chi connectivity index (χ2v) is 8.83. The lowest BCUT2D eigenvalue weighted by atomic mass is 10.0. The Labute approximate surface area is 171 Å². The number of benzene rings is 2. The van der Waals surface area contributed by atoms with E-state index in [2.05, 4.69) is 0 Å². The molecule has 2 unspecified atom stereocenters. The van der Waals surface area contributed by atoms with Crippen LogP contribution in [0.2, 0.25) is 0 Å². The van der Waals surface area contributed by atoms with Gasteiger partial charge in [0.15, 0.2) is 9.84 Å². The minimum atomic E-state index is -3.85. The molecule has 2 rings (SSSR count). The Balaban J connectivity index is 2.54. The van der Waals surface area contributed by atoms with E-state index in [-0.39, 0.29) is 4.90 Å². The summed E-state index contributed by atoms with van der Waals surface area (Å²) in [5, 5.41) is -1.16. The standard InChI is InChI=1S/C22H23ClO4S/c1-16-9-11-20(12-10-16)28(25,26)21(13-14-23)22(27-18(3)24)17(2)15-19-7-5-4-6-8-19/h4-15,21-22H,1-3H3/b14-13+,17-15+. The van der Waals surface area contributed by atoms with Crippen molar-refractivity contribution in [3.05, 3.63) is 82.9 Å². The summed E-state index contributed by atoms with van der Waals surface area (Å²) in [4.78, 5) is 11.9. The van der Waals surface area contributed by atoms with Gasteiger partial charge in [-0.05, 0) is 37.1 Å². The van der Waals surface area contributed by atoms with Crippen molar-refractivity contribution in [3.63, 3.8) is 0 Å². The molecule has 6 heteroatoms. The van der Waals surface area contributed by atoms with E-state index in [0.717, 1.165) is 16.7 Å². The number of esters is 1. The van der Waals surface area contributed by atoms with E-state index >= 15 is 0 Å². The largest absolute Gasteiger partial charge is 0.456 e. The maximum atomic E-state index is 13.3. The lowest BCUT2D eigenvalue weighted by Crippen LogP contribution is -2.37. The number of halogens is 1. The summed E-state index contributed by atoms with van der Waals surface area (Å²) in [6, 6.07) is 15.9. The Hall–Kier alpha value is -2.37. The molecule has 0 radical (unpaired) electrons. The number of aryl methyl sites for hydroxylation is 1. The normalized spacial score (nSPS) is 14.6.